The molecule has 4 nitrogen and oxygen atoms in total. The Balaban J connectivity index is 2.79. The molecule has 0 aliphatic rings. The van der Waals surface area contributed by atoms with Crippen molar-refractivity contribution in [3.63, 3.8) is 0 Å². The van der Waals surface area contributed by atoms with Gasteiger partial charge in [-0.1, -0.05) is 0 Å². The van der Waals surface area contributed by atoms with Crippen LogP contribution in [0.2, 0.25) is 0 Å². The van der Waals surface area contributed by atoms with E-state index in [0.29, 0.717) is 10.0 Å². The molecule has 0 fully saturated rings. The molecule has 1 aromatic heterocycles. The SMILES string of the molecule is Cn1ncc2cc(C(N)=O)c(Br)cc21. The van der Waals surface area contributed by atoms with Gasteiger partial charge >= 0.3 is 0 Å². The first-order chi connectivity index (χ1) is 6.59. The Kier molecular flexibility index (Phi) is 2.03. The van der Waals surface area contributed by atoms with Gasteiger partial charge in [0.1, 0.15) is 0 Å². The molecule has 1 heterocycles. The van der Waals surface area contributed by atoms with E-state index in [1.807, 2.05) is 13.1 Å². The Hall–Kier alpha value is -1.36. The van der Waals surface area contributed by atoms with Crippen molar-refractivity contribution in [2.75, 3.05) is 0 Å². The van der Waals surface area contributed by atoms with Gasteiger partial charge in [-0.3, -0.25) is 9.48 Å². The lowest BCUT2D eigenvalue weighted by Crippen LogP contribution is -2.11. The summed E-state index contributed by atoms with van der Waals surface area (Å²) in [4.78, 5) is 11.0. The van der Waals surface area contributed by atoms with E-state index in [2.05, 4.69) is 21.0 Å². The van der Waals surface area contributed by atoms with Crippen LogP contribution in [0.4, 0.5) is 0 Å². The number of benzene rings is 1. The molecule has 0 saturated heterocycles. The van der Waals surface area contributed by atoms with Gasteiger partial charge in [-0.2, -0.15) is 5.10 Å². The second kappa shape index (κ2) is 3.09. The lowest BCUT2D eigenvalue weighted by molar-refractivity contribution is 0.0999. The summed E-state index contributed by atoms with van der Waals surface area (Å²) >= 11 is 3.29. The Morgan fingerprint density at radius 1 is 1.57 bits per heavy atom. The molecule has 1 aromatic carbocycles. The molecule has 72 valence electrons. The lowest BCUT2D eigenvalue weighted by atomic mass is 10.1. The predicted molar refractivity (Wildman–Crippen MR) is 56.9 cm³/mol. The van der Waals surface area contributed by atoms with Gasteiger partial charge in [0.15, 0.2) is 0 Å². The van der Waals surface area contributed by atoms with Gasteiger partial charge in [-0.25, -0.2) is 0 Å². The van der Waals surface area contributed by atoms with E-state index in [1.54, 1.807) is 16.9 Å². The van der Waals surface area contributed by atoms with Crippen LogP contribution in [0.1, 0.15) is 10.4 Å². The van der Waals surface area contributed by atoms with Crippen LogP contribution in [0, 0.1) is 0 Å². The number of amides is 1. The fourth-order valence-corrected chi connectivity index (χ4v) is 1.89. The van der Waals surface area contributed by atoms with Crippen LogP contribution < -0.4 is 5.73 Å². The number of aromatic nitrogens is 2. The van der Waals surface area contributed by atoms with E-state index in [9.17, 15) is 4.79 Å². The van der Waals surface area contributed by atoms with Crippen LogP contribution in [-0.2, 0) is 7.05 Å². The molecule has 2 N–H and O–H groups in total. The maximum atomic E-state index is 11.0. The van der Waals surface area contributed by atoms with Gasteiger partial charge in [-0.15, -0.1) is 0 Å². The highest BCUT2D eigenvalue weighted by Gasteiger charge is 2.09. The van der Waals surface area contributed by atoms with Crippen LogP contribution in [-0.4, -0.2) is 15.7 Å². The summed E-state index contributed by atoms with van der Waals surface area (Å²) in [5.74, 6) is -0.442. The fraction of sp³-hybridized carbons (Fsp3) is 0.111. The van der Waals surface area contributed by atoms with Crippen LogP contribution in [0.5, 0.6) is 0 Å². The third kappa shape index (κ3) is 1.29. The molecule has 14 heavy (non-hydrogen) atoms. The maximum Gasteiger partial charge on any atom is 0.249 e. The van der Waals surface area contributed by atoms with Crippen LogP contribution in [0.25, 0.3) is 10.9 Å². The van der Waals surface area contributed by atoms with Crippen molar-refractivity contribution >= 4 is 32.7 Å². The molecule has 2 aromatic rings. The van der Waals surface area contributed by atoms with E-state index >= 15 is 0 Å². The largest absolute Gasteiger partial charge is 0.366 e. The summed E-state index contributed by atoms with van der Waals surface area (Å²) in [5, 5.41) is 4.99. The highest BCUT2D eigenvalue weighted by atomic mass is 79.9. The van der Waals surface area contributed by atoms with E-state index in [4.69, 9.17) is 5.73 Å². The molecular weight excluding hydrogens is 246 g/mol. The minimum Gasteiger partial charge on any atom is -0.366 e. The number of rotatable bonds is 1. The summed E-state index contributed by atoms with van der Waals surface area (Å²) in [6.07, 6.45) is 1.70. The van der Waals surface area contributed by atoms with E-state index in [1.165, 1.54) is 0 Å². The molecule has 0 radical (unpaired) electrons. The molecule has 0 bridgehead atoms. The highest BCUT2D eigenvalue weighted by Crippen LogP contribution is 2.23. The van der Waals surface area contributed by atoms with Gasteiger partial charge in [-0.05, 0) is 28.1 Å². The molecule has 0 aliphatic heterocycles. The number of fused-ring (bicyclic) bond motifs is 1. The molecule has 0 aliphatic carbocycles. The predicted octanol–water partition coefficient (Wildman–Crippen LogP) is 1.43. The van der Waals surface area contributed by atoms with Crippen molar-refractivity contribution in [3.05, 3.63) is 28.4 Å². The Morgan fingerprint density at radius 3 is 2.93 bits per heavy atom. The van der Waals surface area contributed by atoms with Crippen molar-refractivity contribution < 1.29 is 4.79 Å². The second-order valence-corrected chi connectivity index (χ2v) is 3.88. The normalized spacial score (nSPS) is 10.7. The quantitative estimate of drug-likeness (QED) is 0.836. The third-order valence-corrected chi connectivity index (χ3v) is 2.76. The molecule has 0 atom stereocenters. The van der Waals surface area contributed by atoms with E-state index in [0.717, 1.165) is 10.9 Å². The first kappa shape index (κ1) is 9.21. The molecule has 5 heteroatoms. The number of aryl methyl sites for hydroxylation is 1. The fourth-order valence-electron chi connectivity index (χ4n) is 1.36. The van der Waals surface area contributed by atoms with Crippen molar-refractivity contribution in [1.82, 2.24) is 9.78 Å². The number of carbonyl (C=O) groups is 1. The minimum atomic E-state index is -0.442. The number of hydrogen-bond acceptors (Lipinski definition) is 2. The van der Waals surface area contributed by atoms with Crippen LogP contribution in [0.15, 0.2) is 22.8 Å². The molecular formula is C9H8BrN3O. The Bertz CT molecular complexity index is 518. The minimum absolute atomic E-state index is 0.442. The van der Waals surface area contributed by atoms with Crippen molar-refractivity contribution in [3.8, 4) is 0 Å². The Labute approximate surface area is 88.8 Å². The van der Waals surface area contributed by atoms with E-state index in [-0.39, 0.29) is 0 Å². The maximum absolute atomic E-state index is 11.0. The first-order valence-electron chi connectivity index (χ1n) is 4.00. The third-order valence-electron chi connectivity index (χ3n) is 2.10. The van der Waals surface area contributed by atoms with Crippen molar-refractivity contribution in [2.24, 2.45) is 12.8 Å². The van der Waals surface area contributed by atoms with Crippen molar-refractivity contribution in [1.29, 1.82) is 0 Å². The van der Waals surface area contributed by atoms with Crippen LogP contribution in [0.3, 0.4) is 0 Å². The number of nitrogens with two attached hydrogens (primary N) is 1. The van der Waals surface area contributed by atoms with Gasteiger partial charge in [0.05, 0.1) is 17.3 Å². The number of primary amides is 1. The topological polar surface area (TPSA) is 60.9 Å². The first-order valence-corrected chi connectivity index (χ1v) is 4.80. The second-order valence-electron chi connectivity index (χ2n) is 3.02. The highest BCUT2D eigenvalue weighted by molar-refractivity contribution is 9.10. The number of halogens is 1. The van der Waals surface area contributed by atoms with E-state index < -0.39 is 5.91 Å². The molecule has 1 amide bonds. The molecule has 2 rings (SSSR count). The van der Waals surface area contributed by atoms with Gasteiger partial charge in [0.2, 0.25) is 5.91 Å². The zero-order valence-electron chi connectivity index (χ0n) is 7.49. The molecule has 0 unspecified atom stereocenters. The number of hydrogen-bond donors (Lipinski definition) is 1. The standard InChI is InChI=1S/C9H8BrN3O/c1-13-8-3-7(10)6(9(11)14)2-5(8)4-12-13/h2-4H,1H3,(H2,11,14). The van der Waals surface area contributed by atoms with Gasteiger partial charge in [0, 0.05) is 16.9 Å². The van der Waals surface area contributed by atoms with Gasteiger partial charge in [0.25, 0.3) is 0 Å². The number of carbonyl (C=O) groups excluding carboxylic acids is 1. The molecule has 0 saturated carbocycles. The number of nitrogens with zero attached hydrogens (tertiary/aromatic N) is 2. The lowest BCUT2D eigenvalue weighted by Gasteiger charge is -2.00. The summed E-state index contributed by atoms with van der Waals surface area (Å²) in [5.41, 5.74) is 6.65. The average Bonchev–Trinajstić information content (AvgIpc) is 2.46. The monoisotopic (exact) mass is 253 g/mol. The van der Waals surface area contributed by atoms with Gasteiger partial charge < -0.3 is 5.73 Å². The zero-order valence-corrected chi connectivity index (χ0v) is 9.08. The zero-order chi connectivity index (χ0) is 10.3. The van der Waals surface area contributed by atoms with Crippen molar-refractivity contribution in [2.45, 2.75) is 0 Å². The average molecular weight is 254 g/mol. The smallest absolute Gasteiger partial charge is 0.249 e. The molecule has 0 spiro atoms. The summed E-state index contributed by atoms with van der Waals surface area (Å²) in [7, 11) is 1.85. The summed E-state index contributed by atoms with van der Waals surface area (Å²) in [6.45, 7) is 0. The van der Waals surface area contributed by atoms with Crippen LogP contribution >= 0.6 is 15.9 Å². The summed E-state index contributed by atoms with van der Waals surface area (Å²) < 4.78 is 2.44. The Morgan fingerprint density at radius 2 is 2.29 bits per heavy atom. The summed E-state index contributed by atoms with van der Waals surface area (Å²) in [6, 6.07) is 3.57.